The van der Waals surface area contributed by atoms with Gasteiger partial charge in [-0.05, 0) is 36.2 Å². The zero-order valence-electron chi connectivity index (χ0n) is 19.2. The minimum Gasteiger partial charge on any atom is -0.398 e. The molecule has 0 bridgehead atoms. The van der Waals surface area contributed by atoms with Crippen molar-refractivity contribution >= 4 is 29.3 Å². The number of benzene rings is 1. The molecule has 182 valence electrons. The fraction of sp³-hybridized carbons (Fsp3) is 0.292. The first-order valence-electron chi connectivity index (χ1n) is 11.6. The van der Waals surface area contributed by atoms with Gasteiger partial charge in [-0.3, -0.25) is 29.5 Å². The van der Waals surface area contributed by atoms with Crippen LogP contribution in [-0.4, -0.2) is 66.0 Å². The van der Waals surface area contributed by atoms with Gasteiger partial charge in [-0.2, -0.15) is 0 Å². The third-order valence-corrected chi connectivity index (χ3v) is 6.92. The van der Waals surface area contributed by atoms with E-state index in [9.17, 15) is 19.2 Å². The molecule has 3 aliphatic heterocycles. The Hall–Kier alpha value is -4.61. The van der Waals surface area contributed by atoms with Gasteiger partial charge in [0.25, 0.3) is 11.8 Å². The summed E-state index contributed by atoms with van der Waals surface area (Å²) in [7, 11) is 0. The van der Waals surface area contributed by atoms with Crippen molar-refractivity contribution in [3.63, 3.8) is 0 Å². The largest absolute Gasteiger partial charge is 0.398 e. The number of fused-ring (bicyclic) bond motifs is 2. The van der Waals surface area contributed by atoms with Crippen molar-refractivity contribution < 1.29 is 19.2 Å². The van der Waals surface area contributed by atoms with Crippen LogP contribution in [0.1, 0.15) is 50.5 Å². The van der Waals surface area contributed by atoms with E-state index in [1.54, 1.807) is 41.6 Å². The lowest BCUT2D eigenvalue weighted by Gasteiger charge is -2.29. The van der Waals surface area contributed by atoms with E-state index in [1.165, 1.54) is 9.58 Å². The number of anilines is 1. The first-order chi connectivity index (χ1) is 17.4. The van der Waals surface area contributed by atoms with Gasteiger partial charge < -0.3 is 15.5 Å². The molecule has 1 atom stereocenters. The Bertz CT molecular complexity index is 1450. The lowest BCUT2D eigenvalue weighted by atomic mass is 10.0. The molecule has 6 rings (SSSR count). The predicted molar refractivity (Wildman–Crippen MR) is 124 cm³/mol. The third-order valence-electron chi connectivity index (χ3n) is 6.92. The van der Waals surface area contributed by atoms with Crippen molar-refractivity contribution in [2.24, 2.45) is 0 Å². The molecular formula is C24H22N8O4. The lowest BCUT2D eigenvalue weighted by molar-refractivity contribution is -0.136. The Morgan fingerprint density at radius 2 is 1.97 bits per heavy atom. The van der Waals surface area contributed by atoms with Gasteiger partial charge in [-0.15, -0.1) is 5.10 Å². The van der Waals surface area contributed by atoms with Crippen LogP contribution in [-0.2, 0) is 29.1 Å². The number of hydrogen-bond donors (Lipinski definition) is 2. The minimum absolute atomic E-state index is 0.197. The first-order valence-corrected chi connectivity index (χ1v) is 11.6. The summed E-state index contributed by atoms with van der Waals surface area (Å²) in [5.74, 6) is -1.28. The zero-order chi connectivity index (χ0) is 25.0. The number of imide groups is 1. The molecule has 5 heterocycles. The normalized spacial score (nSPS) is 19.2. The molecule has 3 aliphatic rings. The number of carbonyl (C=O) groups excluding carboxylic acids is 4. The standard InChI is InChI=1S/C24H22N8O4/c25-17-5-7-26-18-6-8-30(11-16(17)18)24(36)19-12-32(29-28-19)14-1-2-15-13(9-14)10-31(23(15)35)20-3-4-21(33)27-22(20)34/h1-2,5,7,9,12,20H,3-4,6,8,10-11H2,(H2,25,26)(H,27,33,34). The number of pyridine rings is 1. The van der Waals surface area contributed by atoms with Crippen LogP contribution in [0.2, 0.25) is 0 Å². The summed E-state index contributed by atoms with van der Waals surface area (Å²) < 4.78 is 1.49. The molecule has 4 amide bonds. The van der Waals surface area contributed by atoms with Gasteiger partial charge in [-0.1, -0.05) is 5.21 Å². The van der Waals surface area contributed by atoms with E-state index >= 15 is 0 Å². The molecule has 1 unspecified atom stereocenters. The van der Waals surface area contributed by atoms with Gasteiger partial charge in [0.05, 0.1) is 11.9 Å². The number of nitrogens with one attached hydrogen (secondary N) is 1. The number of nitrogens with zero attached hydrogens (tertiary/aromatic N) is 6. The van der Waals surface area contributed by atoms with Crippen molar-refractivity contribution in [3.8, 4) is 5.69 Å². The SMILES string of the molecule is Nc1ccnc2c1CN(C(=O)c1cn(-c3ccc4c(c3)CN(C3CCC(=O)NC3=O)C4=O)nn1)CC2. The Morgan fingerprint density at radius 1 is 1.11 bits per heavy atom. The summed E-state index contributed by atoms with van der Waals surface area (Å²) in [6.07, 6.45) is 4.34. The molecular weight excluding hydrogens is 464 g/mol. The highest BCUT2D eigenvalue weighted by atomic mass is 16.2. The van der Waals surface area contributed by atoms with Gasteiger partial charge in [0.2, 0.25) is 11.8 Å². The summed E-state index contributed by atoms with van der Waals surface area (Å²) in [6, 6.07) is 6.24. The predicted octanol–water partition coefficient (Wildman–Crippen LogP) is 0.204. The smallest absolute Gasteiger partial charge is 0.276 e. The molecule has 0 radical (unpaired) electrons. The van der Waals surface area contributed by atoms with Gasteiger partial charge in [-0.25, -0.2) is 4.68 Å². The number of amides is 4. The Morgan fingerprint density at radius 3 is 2.81 bits per heavy atom. The summed E-state index contributed by atoms with van der Waals surface area (Å²) in [4.78, 5) is 57.3. The molecule has 12 nitrogen and oxygen atoms in total. The van der Waals surface area contributed by atoms with E-state index in [2.05, 4.69) is 20.6 Å². The Labute approximate surface area is 205 Å². The van der Waals surface area contributed by atoms with E-state index in [0.717, 1.165) is 16.8 Å². The van der Waals surface area contributed by atoms with E-state index in [-0.39, 0.29) is 36.4 Å². The second-order valence-electron chi connectivity index (χ2n) is 9.09. The number of aromatic nitrogens is 4. The zero-order valence-corrected chi connectivity index (χ0v) is 19.2. The molecule has 1 fully saturated rings. The maximum atomic E-state index is 13.1. The van der Waals surface area contributed by atoms with Gasteiger partial charge in [0.1, 0.15) is 6.04 Å². The monoisotopic (exact) mass is 486 g/mol. The number of piperidine rings is 1. The average molecular weight is 486 g/mol. The molecule has 0 saturated carbocycles. The molecule has 12 heteroatoms. The Balaban J connectivity index is 1.20. The van der Waals surface area contributed by atoms with Crippen molar-refractivity contribution in [3.05, 3.63) is 64.7 Å². The summed E-state index contributed by atoms with van der Waals surface area (Å²) in [5, 5.41) is 10.5. The van der Waals surface area contributed by atoms with Crippen LogP contribution in [0, 0.1) is 0 Å². The van der Waals surface area contributed by atoms with Crippen LogP contribution in [0.4, 0.5) is 5.69 Å². The first kappa shape index (κ1) is 21.9. The number of nitrogen functional groups attached to an aromatic ring is 1. The van der Waals surface area contributed by atoms with E-state index < -0.39 is 11.9 Å². The highest BCUT2D eigenvalue weighted by molar-refractivity contribution is 6.05. The van der Waals surface area contributed by atoms with Crippen molar-refractivity contribution in [1.29, 1.82) is 0 Å². The van der Waals surface area contributed by atoms with Crippen LogP contribution in [0.3, 0.4) is 0 Å². The molecule has 36 heavy (non-hydrogen) atoms. The van der Waals surface area contributed by atoms with Crippen molar-refractivity contribution in [2.75, 3.05) is 12.3 Å². The molecule has 3 aromatic rings. The maximum absolute atomic E-state index is 13.1. The molecule has 1 saturated heterocycles. The number of hydrogen-bond acceptors (Lipinski definition) is 8. The van der Waals surface area contributed by atoms with E-state index in [4.69, 9.17) is 5.73 Å². The quantitative estimate of drug-likeness (QED) is 0.498. The molecule has 0 spiro atoms. The van der Waals surface area contributed by atoms with Crippen LogP contribution in [0.25, 0.3) is 5.69 Å². The summed E-state index contributed by atoms with van der Waals surface area (Å²) >= 11 is 0. The summed E-state index contributed by atoms with van der Waals surface area (Å²) in [5.41, 5.74) is 10.5. The lowest BCUT2D eigenvalue weighted by Crippen LogP contribution is -2.52. The van der Waals surface area contributed by atoms with Gasteiger partial charge in [0.15, 0.2) is 5.69 Å². The molecule has 3 N–H and O–H groups in total. The second kappa shape index (κ2) is 8.26. The van der Waals surface area contributed by atoms with Gasteiger partial charge in [0, 0.05) is 61.2 Å². The van der Waals surface area contributed by atoms with Crippen molar-refractivity contribution in [2.45, 2.75) is 38.4 Å². The fourth-order valence-corrected chi connectivity index (χ4v) is 4.99. The van der Waals surface area contributed by atoms with Crippen LogP contribution < -0.4 is 11.1 Å². The highest BCUT2D eigenvalue weighted by Gasteiger charge is 2.39. The van der Waals surface area contributed by atoms with E-state index in [0.29, 0.717) is 42.9 Å². The number of nitrogens with two attached hydrogens (primary N) is 1. The maximum Gasteiger partial charge on any atom is 0.276 e. The molecule has 2 aromatic heterocycles. The third kappa shape index (κ3) is 3.58. The van der Waals surface area contributed by atoms with Gasteiger partial charge >= 0.3 is 0 Å². The minimum atomic E-state index is -0.680. The fourth-order valence-electron chi connectivity index (χ4n) is 4.99. The second-order valence-corrected chi connectivity index (χ2v) is 9.09. The number of carbonyl (C=O) groups is 4. The number of rotatable bonds is 3. The summed E-state index contributed by atoms with van der Waals surface area (Å²) in [6.45, 7) is 1.11. The van der Waals surface area contributed by atoms with E-state index in [1.807, 2.05) is 0 Å². The van der Waals surface area contributed by atoms with Crippen molar-refractivity contribution in [1.82, 2.24) is 35.1 Å². The van der Waals surface area contributed by atoms with Crippen LogP contribution >= 0.6 is 0 Å². The molecule has 1 aromatic carbocycles. The van der Waals surface area contributed by atoms with Crippen LogP contribution in [0.15, 0.2) is 36.7 Å². The van der Waals surface area contributed by atoms with Crippen LogP contribution in [0.5, 0.6) is 0 Å². The molecule has 0 aliphatic carbocycles. The topological polar surface area (TPSA) is 156 Å². The Kier molecular flexibility index (Phi) is 5.02. The average Bonchev–Trinajstić information content (AvgIpc) is 3.49. The highest BCUT2D eigenvalue weighted by Crippen LogP contribution is 2.29.